The minimum atomic E-state index is -4.49. The second kappa shape index (κ2) is 11.0. The fraction of sp³-hybridized carbons (Fsp3) is 0.467. The van der Waals surface area contributed by atoms with Crippen LogP contribution in [0.2, 0.25) is 0 Å². The third-order valence-corrected chi connectivity index (χ3v) is 8.35. The molecule has 0 spiro atoms. The van der Waals surface area contributed by atoms with Gasteiger partial charge in [0.15, 0.2) is 0 Å². The first kappa shape index (κ1) is 27.8. The SMILES string of the molecule is CC1(NCc2cc3c(c(C(F)(F)F)c2)CN(c2ccccc2)C3=O)CCC1.Cn1cnnc1CC1CC(C#N)C1. The first-order chi connectivity index (χ1) is 19.1. The van der Waals surface area contributed by atoms with Gasteiger partial charge in [-0.05, 0) is 80.3 Å². The number of nitrogens with one attached hydrogen (secondary N) is 1. The van der Waals surface area contributed by atoms with Gasteiger partial charge in [0.1, 0.15) is 12.2 Å². The highest BCUT2D eigenvalue weighted by Crippen LogP contribution is 2.40. The van der Waals surface area contributed by atoms with Gasteiger partial charge in [-0.2, -0.15) is 18.4 Å². The van der Waals surface area contributed by atoms with E-state index < -0.39 is 11.7 Å². The third kappa shape index (κ3) is 5.89. The van der Waals surface area contributed by atoms with E-state index in [1.165, 1.54) is 11.0 Å². The molecule has 0 radical (unpaired) electrons. The number of carbonyl (C=O) groups is 1. The molecule has 2 heterocycles. The Morgan fingerprint density at radius 1 is 1.18 bits per heavy atom. The summed E-state index contributed by atoms with van der Waals surface area (Å²) >= 11 is 0. The number of benzene rings is 2. The Hall–Kier alpha value is -3.71. The van der Waals surface area contributed by atoms with Crippen molar-refractivity contribution >= 4 is 11.6 Å². The van der Waals surface area contributed by atoms with Crippen molar-refractivity contribution in [2.24, 2.45) is 18.9 Å². The monoisotopic (exact) mass is 550 g/mol. The van der Waals surface area contributed by atoms with Crippen LogP contribution in [0, 0.1) is 23.2 Å². The number of rotatable bonds is 6. The van der Waals surface area contributed by atoms with Crippen LogP contribution in [0.25, 0.3) is 0 Å². The lowest BCUT2D eigenvalue weighted by Crippen LogP contribution is -2.47. The number of hydrogen-bond acceptors (Lipinski definition) is 5. The number of amides is 1. The van der Waals surface area contributed by atoms with Gasteiger partial charge in [-0.25, -0.2) is 0 Å². The molecule has 210 valence electrons. The molecule has 2 fully saturated rings. The van der Waals surface area contributed by atoms with Crippen LogP contribution in [0.5, 0.6) is 0 Å². The smallest absolute Gasteiger partial charge is 0.321 e. The number of halogens is 3. The zero-order chi connectivity index (χ0) is 28.5. The summed E-state index contributed by atoms with van der Waals surface area (Å²) in [4.78, 5) is 14.2. The molecule has 1 aromatic heterocycles. The van der Waals surface area contributed by atoms with Gasteiger partial charge in [0.05, 0.1) is 18.2 Å². The number of fused-ring (bicyclic) bond motifs is 1. The average molecular weight is 551 g/mol. The van der Waals surface area contributed by atoms with Crippen LogP contribution in [0.15, 0.2) is 48.8 Å². The number of alkyl halides is 3. The maximum Gasteiger partial charge on any atom is 0.416 e. The summed E-state index contributed by atoms with van der Waals surface area (Å²) in [6.07, 6.45) is 3.42. The fourth-order valence-corrected chi connectivity index (χ4v) is 5.60. The highest BCUT2D eigenvalue weighted by atomic mass is 19.4. The standard InChI is InChI=1S/C21H21F3N2O.C9H12N4/c1-20(8-5-9-20)25-12-14-10-16-17(18(11-14)21(22,23)24)13-26(19(16)27)15-6-3-2-4-7-15;1-13-6-11-12-9(13)4-7-2-8(3-7)5-10/h2-4,6-7,10-11,25H,5,8-9,12-13H2,1H3;6-8H,2-4H2,1H3. The minimum absolute atomic E-state index is 0.0164. The molecule has 2 aliphatic carbocycles. The van der Waals surface area contributed by atoms with Crippen molar-refractivity contribution in [3.63, 3.8) is 0 Å². The molecule has 7 nitrogen and oxygen atoms in total. The van der Waals surface area contributed by atoms with Crippen molar-refractivity contribution in [1.82, 2.24) is 20.1 Å². The number of para-hydroxylation sites is 1. The van der Waals surface area contributed by atoms with E-state index in [9.17, 15) is 18.0 Å². The second-order valence-electron chi connectivity index (χ2n) is 11.4. The molecule has 1 aliphatic heterocycles. The molecule has 0 saturated heterocycles. The summed E-state index contributed by atoms with van der Waals surface area (Å²) in [6, 6.07) is 13.9. The predicted octanol–water partition coefficient (Wildman–Crippen LogP) is 5.81. The summed E-state index contributed by atoms with van der Waals surface area (Å²) in [5.74, 6) is 1.59. The number of carbonyl (C=O) groups excluding carboxylic acids is 1. The van der Waals surface area contributed by atoms with Crippen LogP contribution in [0.4, 0.5) is 18.9 Å². The van der Waals surface area contributed by atoms with Gasteiger partial charge in [-0.3, -0.25) is 4.79 Å². The normalized spacial score (nSPS) is 21.0. The van der Waals surface area contributed by atoms with E-state index in [4.69, 9.17) is 5.26 Å². The van der Waals surface area contributed by atoms with Crippen molar-refractivity contribution in [3.05, 3.63) is 76.9 Å². The number of aromatic nitrogens is 3. The number of aryl methyl sites for hydroxylation is 1. The van der Waals surface area contributed by atoms with E-state index in [1.54, 1.807) is 36.7 Å². The zero-order valence-electron chi connectivity index (χ0n) is 22.7. The Bertz CT molecular complexity index is 1400. The van der Waals surface area contributed by atoms with Crippen LogP contribution in [0.1, 0.15) is 71.9 Å². The summed E-state index contributed by atoms with van der Waals surface area (Å²) in [7, 11) is 1.95. The molecule has 3 aliphatic rings. The molecule has 1 N–H and O–H groups in total. The van der Waals surface area contributed by atoms with Crippen molar-refractivity contribution in [2.75, 3.05) is 4.90 Å². The lowest BCUT2D eigenvalue weighted by molar-refractivity contribution is -0.138. The number of nitriles is 1. The van der Waals surface area contributed by atoms with Crippen molar-refractivity contribution in [1.29, 1.82) is 5.26 Å². The Morgan fingerprint density at radius 3 is 2.48 bits per heavy atom. The Morgan fingerprint density at radius 2 is 1.90 bits per heavy atom. The van der Waals surface area contributed by atoms with Gasteiger partial charge < -0.3 is 14.8 Å². The zero-order valence-corrected chi connectivity index (χ0v) is 22.7. The van der Waals surface area contributed by atoms with Crippen LogP contribution < -0.4 is 10.2 Å². The summed E-state index contributed by atoms with van der Waals surface area (Å²) < 4.78 is 43.0. The van der Waals surface area contributed by atoms with E-state index in [0.29, 0.717) is 29.6 Å². The molecule has 10 heteroatoms. The molecule has 1 amide bonds. The van der Waals surface area contributed by atoms with Gasteiger partial charge in [-0.1, -0.05) is 18.2 Å². The molecular formula is C30H33F3N6O. The largest absolute Gasteiger partial charge is 0.416 e. The van der Waals surface area contributed by atoms with Crippen molar-refractivity contribution in [2.45, 2.75) is 70.3 Å². The Labute approximate surface area is 232 Å². The van der Waals surface area contributed by atoms with E-state index in [2.05, 4.69) is 28.5 Å². The average Bonchev–Trinajstić information content (AvgIpc) is 3.45. The highest BCUT2D eigenvalue weighted by Gasteiger charge is 2.41. The fourth-order valence-electron chi connectivity index (χ4n) is 5.60. The van der Waals surface area contributed by atoms with Crippen LogP contribution in [-0.2, 0) is 32.7 Å². The van der Waals surface area contributed by atoms with Crippen molar-refractivity contribution in [3.8, 4) is 6.07 Å². The maximum atomic E-state index is 13.7. The molecule has 3 aromatic rings. The van der Waals surface area contributed by atoms with Crippen LogP contribution in [0.3, 0.4) is 0 Å². The Balaban J connectivity index is 0.000000207. The molecule has 0 unspecified atom stereocenters. The van der Waals surface area contributed by atoms with Gasteiger partial charge in [0.2, 0.25) is 0 Å². The van der Waals surface area contributed by atoms with Gasteiger partial charge >= 0.3 is 6.18 Å². The molecular weight excluding hydrogens is 517 g/mol. The molecule has 2 saturated carbocycles. The first-order valence-corrected chi connectivity index (χ1v) is 13.6. The second-order valence-corrected chi connectivity index (χ2v) is 11.4. The van der Waals surface area contributed by atoms with E-state index in [1.807, 2.05) is 17.7 Å². The number of anilines is 1. The molecule has 0 atom stereocenters. The lowest BCUT2D eigenvalue weighted by atomic mass is 9.74. The number of hydrogen-bond donors (Lipinski definition) is 1. The number of nitrogens with zero attached hydrogens (tertiary/aromatic N) is 5. The summed E-state index contributed by atoms with van der Waals surface area (Å²) in [5, 5.41) is 19.8. The Kier molecular flexibility index (Phi) is 7.69. The molecule has 40 heavy (non-hydrogen) atoms. The quantitative estimate of drug-likeness (QED) is 0.419. The summed E-state index contributed by atoms with van der Waals surface area (Å²) in [5.41, 5.74) is 0.602. The van der Waals surface area contributed by atoms with Crippen LogP contribution >= 0.6 is 0 Å². The maximum absolute atomic E-state index is 13.7. The topological polar surface area (TPSA) is 86.8 Å². The van der Waals surface area contributed by atoms with Crippen molar-refractivity contribution < 1.29 is 18.0 Å². The molecule has 2 aromatic carbocycles. The van der Waals surface area contributed by atoms with Gasteiger partial charge in [0, 0.05) is 42.7 Å². The lowest BCUT2D eigenvalue weighted by Gasteiger charge is -2.39. The van der Waals surface area contributed by atoms with E-state index in [0.717, 1.165) is 44.3 Å². The first-order valence-electron chi connectivity index (χ1n) is 13.6. The predicted molar refractivity (Wildman–Crippen MR) is 144 cm³/mol. The molecule has 6 rings (SSSR count). The highest BCUT2D eigenvalue weighted by molar-refractivity contribution is 6.10. The minimum Gasteiger partial charge on any atom is -0.321 e. The van der Waals surface area contributed by atoms with Gasteiger partial charge in [0.25, 0.3) is 5.91 Å². The van der Waals surface area contributed by atoms with Gasteiger partial charge in [-0.15, -0.1) is 10.2 Å². The molecule has 0 bridgehead atoms. The third-order valence-electron chi connectivity index (χ3n) is 8.35. The van der Waals surface area contributed by atoms with E-state index >= 15 is 0 Å². The van der Waals surface area contributed by atoms with E-state index in [-0.39, 0.29) is 29.1 Å². The van der Waals surface area contributed by atoms with Crippen LogP contribution in [-0.4, -0.2) is 26.2 Å². The summed E-state index contributed by atoms with van der Waals surface area (Å²) in [6.45, 7) is 2.35.